The first kappa shape index (κ1) is 32.7. The summed E-state index contributed by atoms with van der Waals surface area (Å²) < 4.78 is 27.4. The third-order valence-electron chi connectivity index (χ3n) is 8.67. The largest absolute Gasteiger partial charge is 0.400 e. The molecule has 6 N–H and O–H groups in total. The minimum atomic E-state index is -1.89. The van der Waals surface area contributed by atoms with Crippen molar-refractivity contribution in [1.82, 2.24) is 24.8 Å². The number of hydrogen-bond donors (Lipinski definition) is 4. The van der Waals surface area contributed by atoms with Crippen molar-refractivity contribution in [3.05, 3.63) is 74.1 Å². The number of hydrazine groups is 1. The lowest BCUT2D eigenvalue weighted by Gasteiger charge is -2.33. The lowest BCUT2D eigenvalue weighted by atomic mass is 9.89. The second-order valence-electron chi connectivity index (χ2n) is 11.8. The Balaban J connectivity index is 1.57. The molecule has 2 aliphatic heterocycles. The molecule has 4 heterocycles. The maximum atomic E-state index is 14.8. The Hall–Kier alpha value is -3.72. The Morgan fingerprint density at radius 1 is 1.36 bits per heavy atom. The zero-order valence-corrected chi connectivity index (χ0v) is 26.2. The number of aryl methyl sites for hydroxylation is 1. The van der Waals surface area contributed by atoms with E-state index in [-0.39, 0.29) is 43.3 Å². The monoisotopic (exact) mass is 623 g/mol. The molecule has 12 nitrogen and oxygen atoms in total. The van der Waals surface area contributed by atoms with Crippen molar-refractivity contribution in [1.29, 1.82) is 0 Å². The molecule has 3 aromatic rings. The van der Waals surface area contributed by atoms with Crippen LogP contribution in [0.25, 0.3) is 22.3 Å². The standard InChI is InChI=1S/C32H42FN7O5/c1-5-32(43,18-41)26-9-29-30-24(16-40(29)31(42)25(26)17-44-4)23(22-8-19(2)27(33)10-28(22)37-30)15-39(35)13-20(34)12-38-6-7-45-21(14-38)11-36-3/h8-10,13,18,21,36,43H,5-7,11-12,14-17,34-35H2,1-4H3/b20-13-/t21?,32-/m1/s1. The van der Waals surface area contributed by atoms with Crippen LogP contribution in [0.4, 0.5) is 4.39 Å². The number of nitrogens with zero attached hydrogens (tertiary/aromatic N) is 4. The van der Waals surface area contributed by atoms with Crippen LogP contribution < -0.4 is 22.5 Å². The number of likely N-dealkylation sites (N-methyl/N-ethyl adjacent to an activating group) is 1. The van der Waals surface area contributed by atoms with Gasteiger partial charge in [-0.3, -0.25) is 14.5 Å². The Morgan fingerprint density at radius 3 is 2.82 bits per heavy atom. The molecule has 1 saturated heterocycles. The predicted octanol–water partition coefficient (Wildman–Crippen LogP) is 1.21. The predicted molar refractivity (Wildman–Crippen MR) is 168 cm³/mol. The third-order valence-corrected chi connectivity index (χ3v) is 8.67. The van der Waals surface area contributed by atoms with E-state index in [1.807, 2.05) is 7.05 Å². The van der Waals surface area contributed by atoms with E-state index in [0.29, 0.717) is 53.0 Å². The Bertz CT molecular complexity index is 1690. The molecule has 2 atom stereocenters. The lowest BCUT2D eigenvalue weighted by molar-refractivity contribution is -0.125. The number of benzene rings is 1. The lowest BCUT2D eigenvalue weighted by Crippen LogP contribution is -2.47. The molecule has 0 radical (unpaired) electrons. The van der Waals surface area contributed by atoms with Crippen LogP contribution in [0, 0.1) is 12.7 Å². The van der Waals surface area contributed by atoms with Gasteiger partial charge >= 0.3 is 0 Å². The van der Waals surface area contributed by atoms with Crippen LogP contribution in [0.1, 0.15) is 41.2 Å². The molecule has 1 fully saturated rings. The fourth-order valence-electron chi connectivity index (χ4n) is 6.28. The second kappa shape index (κ2) is 13.3. The van der Waals surface area contributed by atoms with Gasteiger partial charge in [-0.2, -0.15) is 0 Å². The molecule has 0 bridgehead atoms. The fourth-order valence-corrected chi connectivity index (χ4v) is 6.28. The summed E-state index contributed by atoms with van der Waals surface area (Å²) >= 11 is 0. The van der Waals surface area contributed by atoms with Gasteiger partial charge in [-0.1, -0.05) is 6.92 Å². The molecule has 0 amide bonds. The van der Waals surface area contributed by atoms with Crippen molar-refractivity contribution in [2.45, 2.75) is 51.7 Å². The van der Waals surface area contributed by atoms with E-state index in [2.05, 4.69) is 10.2 Å². The van der Waals surface area contributed by atoms with Crippen molar-refractivity contribution < 1.29 is 23.8 Å². The van der Waals surface area contributed by atoms with Crippen molar-refractivity contribution in [3.63, 3.8) is 0 Å². The zero-order valence-electron chi connectivity index (χ0n) is 26.2. The highest BCUT2D eigenvalue weighted by Gasteiger charge is 2.35. The summed E-state index contributed by atoms with van der Waals surface area (Å²) in [5.41, 5.74) is 8.30. The van der Waals surface area contributed by atoms with E-state index in [4.69, 9.17) is 26.0 Å². The minimum Gasteiger partial charge on any atom is -0.400 e. The van der Waals surface area contributed by atoms with Crippen LogP contribution in [-0.2, 0) is 39.6 Å². The Kier molecular flexibility index (Phi) is 9.68. The van der Waals surface area contributed by atoms with Gasteiger partial charge in [-0.05, 0) is 43.7 Å². The average Bonchev–Trinajstić information content (AvgIpc) is 3.38. The number of ether oxygens (including phenoxy) is 2. The number of nitrogens with one attached hydrogen (secondary N) is 1. The number of aromatic nitrogens is 2. The van der Waals surface area contributed by atoms with Gasteiger partial charge in [0.15, 0.2) is 6.29 Å². The van der Waals surface area contributed by atoms with Crippen LogP contribution in [0.3, 0.4) is 0 Å². The van der Waals surface area contributed by atoms with Crippen molar-refractivity contribution in [2.75, 3.05) is 46.9 Å². The summed E-state index contributed by atoms with van der Waals surface area (Å²) in [5, 5.41) is 16.5. The van der Waals surface area contributed by atoms with Gasteiger partial charge in [0.1, 0.15) is 11.4 Å². The summed E-state index contributed by atoms with van der Waals surface area (Å²) in [6, 6.07) is 4.72. The molecule has 13 heteroatoms. The molecule has 45 heavy (non-hydrogen) atoms. The van der Waals surface area contributed by atoms with Crippen LogP contribution >= 0.6 is 0 Å². The number of carbonyl (C=O) groups is 1. The van der Waals surface area contributed by atoms with Gasteiger partial charge in [-0.25, -0.2) is 15.2 Å². The van der Waals surface area contributed by atoms with Gasteiger partial charge in [-0.15, -0.1) is 0 Å². The number of halogens is 1. The molecule has 0 saturated carbocycles. The van der Waals surface area contributed by atoms with E-state index >= 15 is 0 Å². The molecule has 2 aliphatic rings. The molecule has 5 rings (SSSR count). The number of rotatable bonds is 12. The van der Waals surface area contributed by atoms with E-state index in [1.165, 1.54) is 18.2 Å². The molecule has 0 spiro atoms. The maximum Gasteiger partial charge on any atom is 0.257 e. The maximum absolute atomic E-state index is 14.8. The summed E-state index contributed by atoms with van der Waals surface area (Å²) in [6.07, 6.45) is 2.26. The summed E-state index contributed by atoms with van der Waals surface area (Å²) in [7, 11) is 3.33. The van der Waals surface area contributed by atoms with Gasteiger partial charge < -0.3 is 35.2 Å². The summed E-state index contributed by atoms with van der Waals surface area (Å²) in [6.45, 7) is 7.00. The van der Waals surface area contributed by atoms with E-state index in [0.717, 1.165) is 30.8 Å². The number of fused-ring (bicyclic) bond motifs is 4. The van der Waals surface area contributed by atoms with E-state index in [9.17, 15) is 19.1 Å². The molecular formula is C32H42FN7O5. The first-order valence-corrected chi connectivity index (χ1v) is 15.1. The van der Waals surface area contributed by atoms with Gasteiger partial charge in [0.05, 0.1) is 49.3 Å². The normalized spacial score (nSPS) is 18.1. The highest BCUT2D eigenvalue weighted by molar-refractivity contribution is 5.89. The van der Waals surface area contributed by atoms with Crippen LogP contribution in [0.15, 0.2) is 34.9 Å². The molecule has 0 aliphatic carbocycles. The first-order chi connectivity index (χ1) is 21.5. The van der Waals surface area contributed by atoms with Crippen molar-refractivity contribution >= 4 is 17.2 Å². The quantitative estimate of drug-likeness (QED) is 0.102. The summed E-state index contributed by atoms with van der Waals surface area (Å²) in [4.78, 5) is 32.9. The van der Waals surface area contributed by atoms with Crippen molar-refractivity contribution in [3.8, 4) is 11.4 Å². The van der Waals surface area contributed by atoms with Gasteiger partial charge in [0, 0.05) is 73.3 Å². The highest BCUT2D eigenvalue weighted by Crippen LogP contribution is 2.39. The van der Waals surface area contributed by atoms with Gasteiger partial charge in [0.25, 0.3) is 5.56 Å². The fraction of sp³-hybridized carbons (Fsp3) is 0.469. The van der Waals surface area contributed by atoms with Crippen LogP contribution in [0.2, 0.25) is 0 Å². The number of aliphatic hydroxyl groups is 1. The van der Waals surface area contributed by atoms with Crippen LogP contribution in [0.5, 0.6) is 0 Å². The average molecular weight is 624 g/mol. The SMILES string of the molecule is CC[C@@](O)(C=O)c1cc2n(c(=O)c1COC)Cc1c-2nc2cc(F)c(C)cc2c1CN(N)/C=C(\N)CN1CCOC(CNC)C1. The number of carbonyl (C=O) groups excluding carboxylic acids is 1. The number of pyridine rings is 2. The molecule has 2 aromatic heterocycles. The zero-order chi connectivity index (χ0) is 32.5. The smallest absolute Gasteiger partial charge is 0.257 e. The summed E-state index contributed by atoms with van der Waals surface area (Å²) in [5.74, 6) is 6.12. The Labute approximate surface area is 261 Å². The van der Waals surface area contributed by atoms with Gasteiger partial charge in [0.2, 0.25) is 0 Å². The first-order valence-electron chi connectivity index (χ1n) is 15.1. The van der Waals surface area contributed by atoms with E-state index in [1.54, 1.807) is 36.7 Å². The van der Waals surface area contributed by atoms with Crippen molar-refractivity contribution in [2.24, 2.45) is 11.6 Å². The number of methoxy groups -OCH3 is 1. The van der Waals surface area contributed by atoms with E-state index < -0.39 is 17.0 Å². The number of hydrogen-bond acceptors (Lipinski definition) is 11. The molecule has 242 valence electrons. The third kappa shape index (κ3) is 6.37. The minimum absolute atomic E-state index is 0.0559. The molecule has 1 unspecified atom stereocenters. The van der Waals surface area contributed by atoms with Crippen LogP contribution in [-0.4, -0.2) is 83.9 Å². The number of morpholine rings is 1. The Morgan fingerprint density at radius 2 is 2.13 bits per heavy atom. The molecular weight excluding hydrogens is 581 g/mol. The molecule has 1 aromatic carbocycles. The number of nitrogens with two attached hydrogens (primary N) is 2. The number of aldehydes is 1. The topological polar surface area (TPSA) is 161 Å². The second-order valence-corrected chi connectivity index (χ2v) is 11.8. The highest BCUT2D eigenvalue weighted by atomic mass is 19.1.